The summed E-state index contributed by atoms with van der Waals surface area (Å²) in [6.07, 6.45) is 6.02. The van der Waals surface area contributed by atoms with Gasteiger partial charge in [-0.1, -0.05) is 32.1 Å². The van der Waals surface area contributed by atoms with Gasteiger partial charge >= 0.3 is 0 Å². The van der Waals surface area contributed by atoms with Gasteiger partial charge in [0.05, 0.1) is 11.5 Å². The van der Waals surface area contributed by atoms with Crippen LogP contribution >= 0.6 is 0 Å². The molecule has 0 saturated heterocycles. The zero-order chi connectivity index (χ0) is 10.4. The number of carbonyl (C=O) groups is 1. The van der Waals surface area contributed by atoms with Gasteiger partial charge in [-0.05, 0) is 12.8 Å². The zero-order valence-electron chi connectivity index (χ0n) is 8.41. The molecule has 0 amide bonds. The predicted molar refractivity (Wildman–Crippen MR) is 52.4 cm³/mol. The van der Waals surface area contributed by atoms with E-state index < -0.39 is 11.5 Å². The van der Waals surface area contributed by atoms with E-state index in [0.717, 1.165) is 25.7 Å². The third-order valence-corrected chi connectivity index (χ3v) is 3.16. The molecule has 0 bridgehead atoms. The van der Waals surface area contributed by atoms with E-state index in [-0.39, 0.29) is 0 Å². The van der Waals surface area contributed by atoms with Crippen LogP contribution in [-0.4, -0.2) is 17.5 Å². The van der Waals surface area contributed by atoms with Crippen LogP contribution in [0.4, 0.5) is 0 Å². The minimum absolute atomic E-state index is 0.505. The third kappa shape index (κ3) is 2.33. The fourth-order valence-corrected chi connectivity index (χ4v) is 2.14. The van der Waals surface area contributed by atoms with Crippen molar-refractivity contribution in [2.24, 2.45) is 5.41 Å². The minimum Gasteiger partial charge on any atom is -0.384 e. The molecule has 0 aliphatic heterocycles. The van der Waals surface area contributed by atoms with Gasteiger partial charge in [-0.3, -0.25) is 0 Å². The van der Waals surface area contributed by atoms with E-state index in [0.29, 0.717) is 19.1 Å². The van der Waals surface area contributed by atoms with E-state index in [4.69, 9.17) is 5.26 Å². The Morgan fingerprint density at radius 2 is 1.71 bits per heavy atom. The van der Waals surface area contributed by atoms with Crippen LogP contribution in [0.3, 0.4) is 0 Å². The second kappa shape index (κ2) is 5.11. The first kappa shape index (κ1) is 11.2. The van der Waals surface area contributed by atoms with Crippen molar-refractivity contribution in [2.45, 2.75) is 51.0 Å². The standard InChI is InChI=1S/C11H17NO2/c12-9-11(10(14)8-13)6-4-2-1-3-5-7-11/h8,10,14H,1-7H2. The summed E-state index contributed by atoms with van der Waals surface area (Å²) >= 11 is 0. The molecular weight excluding hydrogens is 178 g/mol. The van der Waals surface area contributed by atoms with Gasteiger partial charge in [-0.15, -0.1) is 0 Å². The van der Waals surface area contributed by atoms with Gasteiger partial charge in [0.1, 0.15) is 12.4 Å². The average molecular weight is 195 g/mol. The number of nitrogens with zero attached hydrogens (tertiary/aromatic N) is 1. The first-order valence-electron chi connectivity index (χ1n) is 5.30. The van der Waals surface area contributed by atoms with Crippen LogP contribution in [0.25, 0.3) is 0 Å². The molecule has 78 valence electrons. The highest BCUT2D eigenvalue weighted by Gasteiger charge is 2.37. The summed E-state index contributed by atoms with van der Waals surface area (Å²) in [4.78, 5) is 10.6. The van der Waals surface area contributed by atoms with Gasteiger partial charge in [0.2, 0.25) is 0 Å². The molecule has 3 heteroatoms. The highest BCUT2D eigenvalue weighted by molar-refractivity contribution is 5.58. The summed E-state index contributed by atoms with van der Waals surface area (Å²) < 4.78 is 0. The van der Waals surface area contributed by atoms with Crippen LogP contribution in [0.5, 0.6) is 0 Å². The van der Waals surface area contributed by atoms with Gasteiger partial charge in [0.15, 0.2) is 0 Å². The Hall–Kier alpha value is -0.880. The molecule has 0 spiro atoms. The zero-order valence-corrected chi connectivity index (χ0v) is 8.41. The van der Waals surface area contributed by atoms with E-state index in [1.165, 1.54) is 6.42 Å². The average Bonchev–Trinajstić information content (AvgIpc) is 2.18. The summed E-state index contributed by atoms with van der Waals surface area (Å²) in [5.41, 5.74) is -0.803. The highest BCUT2D eigenvalue weighted by Crippen LogP contribution is 2.36. The van der Waals surface area contributed by atoms with Gasteiger partial charge in [0, 0.05) is 0 Å². The Balaban J connectivity index is 2.73. The first-order chi connectivity index (χ1) is 6.75. The maximum atomic E-state index is 10.6. The normalized spacial score (nSPS) is 24.0. The summed E-state index contributed by atoms with van der Waals surface area (Å²) in [6, 6.07) is 2.15. The topological polar surface area (TPSA) is 61.1 Å². The Morgan fingerprint density at radius 3 is 2.14 bits per heavy atom. The molecule has 1 N–H and O–H groups in total. The number of nitriles is 1. The Bertz CT molecular complexity index is 224. The molecule has 1 atom stereocenters. The molecule has 1 fully saturated rings. The third-order valence-electron chi connectivity index (χ3n) is 3.16. The van der Waals surface area contributed by atoms with Crippen LogP contribution in [0.2, 0.25) is 0 Å². The SMILES string of the molecule is N#CC1(C(O)C=O)CCCCCCC1. The van der Waals surface area contributed by atoms with Gasteiger partial charge in [-0.2, -0.15) is 5.26 Å². The monoisotopic (exact) mass is 195 g/mol. The largest absolute Gasteiger partial charge is 0.384 e. The molecule has 1 unspecified atom stereocenters. The number of rotatable bonds is 2. The lowest BCUT2D eigenvalue weighted by Gasteiger charge is -2.30. The number of carbonyl (C=O) groups excluding carboxylic acids is 1. The van der Waals surface area contributed by atoms with Crippen molar-refractivity contribution < 1.29 is 9.90 Å². The lowest BCUT2D eigenvalue weighted by molar-refractivity contribution is -0.120. The molecule has 1 aliphatic carbocycles. The van der Waals surface area contributed by atoms with Crippen molar-refractivity contribution in [1.29, 1.82) is 5.26 Å². The van der Waals surface area contributed by atoms with Crippen LogP contribution < -0.4 is 0 Å². The number of aliphatic hydroxyl groups excluding tert-OH is 1. The molecule has 1 aliphatic rings. The second-order valence-corrected chi connectivity index (χ2v) is 4.12. The quantitative estimate of drug-likeness (QED) is 0.683. The molecule has 1 saturated carbocycles. The van der Waals surface area contributed by atoms with Gasteiger partial charge < -0.3 is 9.90 Å². The molecule has 0 aromatic heterocycles. The summed E-state index contributed by atoms with van der Waals surface area (Å²) in [5, 5.41) is 18.7. The minimum atomic E-state index is -1.11. The van der Waals surface area contributed by atoms with E-state index in [9.17, 15) is 9.90 Å². The molecule has 0 heterocycles. The van der Waals surface area contributed by atoms with Gasteiger partial charge in [0.25, 0.3) is 0 Å². The van der Waals surface area contributed by atoms with Crippen LogP contribution in [0.1, 0.15) is 44.9 Å². The van der Waals surface area contributed by atoms with Crippen molar-refractivity contribution in [3.63, 3.8) is 0 Å². The lowest BCUT2D eigenvalue weighted by atomic mass is 9.73. The van der Waals surface area contributed by atoms with Crippen LogP contribution in [0.15, 0.2) is 0 Å². The van der Waals surface area contributed by atoms with E-state index in [1.807, 2.05) is 0 Å². The fraction of sp³-hybridized carbons (Fsp3) is 0.818. The molecular formula is C11H17NO2. The lowest BCUT2D eigenvalue weighted by Crippen LogP contribution is -2.35. The number of aldehydes is 1. The molecule has 0 aromatic carbocycles. The Labute approximate surface area is 84.7 Å². The molecule has 14 heavy (non-hydrogen) atoms. The van der Waals surface area contributed by atoms with Crippen LogP contribution in [0, 0.1) is 16.7 Å². The number of hydrogen-bond acceptors (Lipinski definition) is 3. The molecule has 1 rings (SSSR count). The van der Waals surface area contributed by atoms with Crippen LogP contribution in [-0.2, 0) is 4.79 Å². The van der Waals surface area contributed by atoms with Crippen molar-refractivity contribution in [1.82, 2.24) is 0 Å². The molecule has 3 nitrogen and oxygen atoms in total. The number of hydrogen-bond donors (Lipinski definition) is 1. The fourth-order valence-electron chi connectivity index (χ4n) is 2.14. The van der Waals surface area contributed by atoms with E-state index in [1.54, 1.807) is 0 Å². The van der Waals surface area contributed by atoms with Crippen molar-refractivity contribution in [2.75, 3.05) is 0 Å². The van der Waals surface area contributed by atoms with E-state index >= 15 is 0 Å². The number of aliphatic hydroxyl groups is 1. The predicted octanol–water partition coefficient (Wildman–Crippen LogP) is 1.80. The first-order valence-corrected chi connectivity index (χ1v) is 5.30. The Morgan fingerprint density at radius 1 is 1.21 bits per heavy atom. The van der Waals surface area contributed by atoms with Gasteiger partial charge in [-0.25, -0.2) is 0 Å². The van der Waals surface area contributed by atoms with Crippen molar-refractivity contribution in [3.8, 4) is 6.07 Å². The smallest absolute Gasteiger partial charge is 0.150 e. The maximum absolute atomic E-state index is 10.6. The summed E-state index contributed by atoms with van der Waals surface area (Å²) in [6.45, 7) is 0. The second-order valence-electron chi connectivity index (χ2n) is 4.12. The maximum Gasteiger partial charge on any atom is 0.150 e. The highest BCUT2D eigenvalue weighted by atomic mass is 16.3. The molecule has 0 radical (unpaired) electrons. The summed E-state index contributed by atoms with van der Waals surface area (Å²) in [7, 11) is 0. The summed E-state index contributed by atoms with van der Waals surface area (Å²) in [5.74, 6) is 0. The Kier molecular flexibility index (Phi) is 4.09. The molecule has 0 aromatic rings. The van der Waals surface area contributed by atoms with Crippen molar-refractivity contribution in [3.05, 3.63) is 0 Å². The van der Waals surface area contributed by atoms with Crippen molar-refractivity contribution >= 4 is 6.29 Å². The van der Waals surface area contributed by atoms with E-state index in [2.05, 4.69) is 6.07 Å².